The maximum absolute atomic E-state index is 11.5. The molecule has 0 saturated carbocycles. The minimum absolute atomic E-state index is 0.248. The topological polar surface area (TPSA) is 55.4 Å². The third kappa shape index (κ3) is 7.56. The molecule has 0 spiro atoms. The molecule has 0 aliphatic rings. The Hall–Kier alpha value is -0.710. The van der Waals surface area contributed by atoms with Crippen molar-refractivity contribution in [3.63, 3.8) is 0 Å². The van der Waals surface area contributed by atoms with Crippen molar-refractivity contribution in [2.75, 3.05) is 12.4 Å². The van der Waals surface area contributed by atoms with Crippen LogP contribution in [0.25, 0.3) is 0 Å². The van der Waals surface area contributed by atoms with Crippen molar-refractivity contribution in [2.45, 2.75) is 45.6 Å². The van der Waals surface area contributed by atoms with Crippen LogP contribution in [0.4, 0.5) is 0 Å². The van der Waals surface area contributed by atoms with Crippen molar-refractivity contribution in [1.29, 1.82) is 0 Å². The average molecular weight is 247 g/mol. The van der Waals surface area contributed by atoms with Gasteiger partial charge >= 0.3 is 5.97 Å². The molecule has 1 N–H and O–H groups in total. The van der Waals surface area contributed by atoms with Gasteiger partial charge in [-0.2, -0.15) is 12.6 Å². The first-order valence-corrected chi connectivity index (χ1v) is 6.29. The molecule has 94 valence electrons. The van der Waals surface area contributed by atoms with Gasteiger partial charge in [0.05, 0.1) is 6.61 Å². The smallest absolute Gasteiger partial charge is 0.329 e. The molecule has 0 unspecified atom stereocenters. The highest BCUT2D eigenvalue weighted by molar-refractivity contribution is 7.80. The Kier molecular flexibility index (Phi) is 9.09. The van der Waals surface area contributed by atoms with E-state index in [0.717, 1.165) is 25.7 Å². The molecule has 0 aromatic carbocycles. The summed E-state index contributed by atoms with van der Waals surface area (Å²) in [5.41, 5.74) is 0. The second-order valence-electron chi connectivity index (χ2n) is 3.66. The van der Waals surface area contributed by atoms with Crippen molar-refractivity contribution >= 4 is 24.5 Å². The molecule has 4 nitrogen and oxygen atoms in total. The zero-order valence-electron chi connectivity index (χ0n) is 9.99. The van der Waals surface area contributed by atoms with E-state index < -0.39 is 12.0 Å². The predicted molar refractivity (Wildman–Crippen MR) is 66.6 cm³/mol. The molecule has 0 aliphatic heterocycles. The largest absolute Gasteiger partial charge is 0.464 e. The Balaban J connectivity index is 3.71. The summed E-state index contributed by atoms with van der Waals surface area (Å²) < 4.78 is 5.04. The molecule has 0 fully saturated rings. The highest BCUT2D eigenvalue weighted by atomic mass is 32.1. The number of unbranched alkanes of at least 4 members (excludes halogenated alkanes) is 3. The van der Waals surface area contributed by atoms with Crippen molar-refractivity contribution in [2.24, 2.45) is 0 Å². The van der Waals surface area contributed by atoms with Gasteiger partial charge < -0.3 is 10.1 Å². The van der Waals surface area contributed by atoms with E-state index in [2.05, 4.69) is 24.9 Å². The molecule has 1 atom stereocenters. The number of hydrogen-bond acceptors (Lipinski definition) is 4. The van der Waals surface area contributed by atoms with Crippen LogP contribution in [0.15, 0.2) is 0 Å². The third-order valence-electron chi connectivity index (χ3n) is 2.09. The zero-order valence-corrected chi connectivity index (χ0v) is 10.9. The van der Waals surface area contributed by atoms with Crippen molar-refractivity contribution in [1.82, 2.24) is 5.32 Å². The van der Waals surface area contributed by atoms with Crippen molar-refractivity contribution in [3.8, 4) is 0 Å². The van der Waals surface area contributed by atoms with E-state index in [9.17, 15) is 9.59 Å². The minimum Gasteiger partial charge on any atom is -0.464 e. The first-order chi connectivity index (χ1) is 7.61. The molecule has 0 bridgehead atoms. The number of thiol groups is 1. The lowest BCUT2D eigenvalue weighted by molar-refractivity contribution is -0.147. The molecule has 0 saturated heterocycles. The molecule has 0 rings (SSSR count). The van der Waals surface area contributed by atoms with Gasteiger partial charge in [-0.05, 0) is 6.42 Å². The average Bonchev–Trinajstić information content (AvgIpc) is 2.25. The number of carbonyl (C=O) groups is 2. The molecule has 0 heterocycles. The van der Waals surface area contributed by atoms with Gasteiger partial charge in [0.1, 0.15) is 6.04 Å². The highest BCUT2D eigenvalue weighted by Gasteiger charge is 2.18. The number of ether oxygens (including phenoxy) is 1. The van der Waals surface area contributed by atoms with Gasteiger partial charge in [-0.1, -0.05) is 26.2 Å². The monoisotopic (exact) mass is 247 g/mol. The lowest BCUT2D eigenvalue weighted by atomic mass is 10.2. The number of carbonyl (C=O) groups excluding carboxylic acids is 2. The lowest BCUT2D eigenvalue weighted by Crippen LogP contribution is -2.42. The summed E-state index contributed by atoms with van der Waals surface area (Å²) >= 11 is 3.99. The van der Waals surface area contributed by atoms with Gasteiger partial charge in [-0.25, -0.2) is 4.79 Å². The van der Waals surface area contributed by atoms with E-state index >= 15 is 0 Å². The minimum atomic E-state index is -0.632. The van der Waals surface area contributed by atoms with E-state index in [4.69, 9.17) is 4.74 Å². The van der Waals surface area contributed by atoms with Crippen LogP contribution < -0.4 is 5.32 Å². The van der Waals surface area contributed by atoms with Crippen LogP contribution in [0.5, 0.6) is 0 Å². The van der Waals surface area contributed by atoms with E-state index in [0.29, 0.717) is 6.61 Å². The van der Waals surface area contributed by atoms with Crippen LogP contribution >= 0.6 is 12.6 Å². The van der Waals surface area contributed by atoms with Crippen LogP contribution in [0.3, 0.4) is 0 Å². The Bertz CT molecular complexity index is 221. The Morgan fingerprint density at radius 2 is 2.00 bits per heavy atom. The zero-order chi connectivity index (χ0) is 12.4. The van der Waals surface area contributed by atoms with E-state index in [1.165, 1.54) is 6.92 Å². The van der Waals surface area contributed by atoms with Gasteiger partial charge in [0.25, 0.3) is 0 Å². The standard InChI is InChI=1S/C11H21NO3S/c1-3-4-5-6-7-15-11(14)10(8-16)12-9(2)13/h10,16H,3-8H2,1-2H3,(H,12,13)/t10-/m0/s1. The maximum atomic E-state index is 11.5. The number of nitrogens with one attached hydrogen (secondary N) is 1. The lowest BCUT2D eigenvalue weighted by Gasteiger charge is -2.14. The summed E-state index contributed by atoms with van der Waals surface area (Å²) in [6, 6.07) is -0.632. The van der Waals surface area contributed by atoms with Gasteiger partial charge in [0, 0.05) is 12.7 Å². The molecule has 16 heavy (non-hydrogen) atoms. The first kappa shape index (κ1) is 15.3. The SMILES string of the molecule is CCCCCCOC(=O)[C@H](CS)NC(C)=O. The summed E-state index contributed by atoms with van der Waals surface area (Å²) in [5.74, 6) is -0.392. The van der Waals surface area contributed by atoms with E-state index in [-0.39, 0.29) is 11.7 Å². The molecule has 0 aliphatic carbocycles. The van der Waals surface area contributed by atoms with Gasteiger partial charge in [0.15, 0.2) is 0 Å². The fraction of sp³-hybridized carbons (Fsp3) is 0.818. The second kappa shape index (κ2) is 9.51. The molecule has 5 heteroatoms. The summed E-state index contributed by atoms with van der Waals surface area (Å²) in [6.07, 6.45) is 4.24. The van der Waals surface area contributed by atoms with E-state index in [1.54, 1.807) is 0 Å². The summed E-state index contributed by atoms with van der Waals surface area (Å²) in [4.78, 5) is 22.2. The summed E-state index contributed by atoms with van der Waals surface area (Å²) in [5, 5.41) is 2.49. The first-order valence-electron chi connectivity index (χ1n) is 5.66. The molecule has 0 aromatic heterocycles. The van der Waals surface area contributed by atoms with Gasteiger partial charge in [0.2, 0.25) is 5.91 Å². The number of esters is 1. The number of amides is 1. The maximum Gasteiger partial charge on any atom is 0.329 e. The molecule has 1 amide bonds. The predicted octanol–water partition coefficient (Wildman–Crippen LogP) is 1.54. The van der Waals surface area contributed by atoms with Crippen molar-refractivity contribution in [3.05, 3.63) is 0 Å². The molecule has 0 radical (unpaired) electrons. The van der Waals surface area contributed by atoms with Crippen LogP contribution in [-0.2, 0) is 14.3 Å². The van der Waals surface area contributed by atoms with Crippen LogP contribution in [0, 0.1) is 0 Å². The van der Waals surface area contributed by atoms with Gasteiger partial charge in [-0.3, -0.25) is 4.79 Å². The van der Waals surface area contributed by atoms with Crippen molar-refractivity contribution < 1.29 is 14.3 Å². The Morgan fingerprint density at radius 1 is 1.31 bits per heavy atom. The quantitative estimate of drug-likeness (QED) is 0.389. The normalized spacial score (nSPS) is 11.9. The molecular weight excluding hydrogens is 226 g/mol. The fourth-order valence-electron chi connectivity index (χ4n) is 1.23. The van der Waals surface area contributed by atoms with Crippen LogP contribution in [-0.4, -0.2) is 30.3 Å². The Labute approximate surface area is 103 Å². The molecule has 0 aromatic rings. The Morgan fingerprint density at radius 3 is 2.50 bits per heavy atom. The second-order valence-corrected chi connectivity index (χ2v) is 4.03. The van der Waals surface area contributed by atoms with Crippen LogP contribution in [0.2, 0.25) is 0 Å². The summed E-state index contributed by atoms with van der Waals surface area (Å²) in [6.45, 7) is 3.91. The molecular formula is C11H21NO3S. The van der Waals surface area contributed by atoms with Gasteiger partial charge in [-0.15, -0.1) is 0 Å². The van der Waals surface area contributed by atoms with E-state index in [1.807, 2.05) is 0 Å². The summed E-state index contributed by atoms with van der Waals surface area (Å²) in [7, 11) is 0. The highest BCUT2D eigenvalue weighted by Crippen LogP contribution is 2.00. The van der Waals surface area contributed by atoms with Crippen LogP contribution in [0.1, 0.15) is 39.5 Å². The number of hydrogen-bond donors (Lipinski definition) is 2. The number of rotatable bonds is 8. The third-order valence-corrected chi connectivity index (χ3v) is 2.45. The fourth-order valence-corrected chi connectivity index (χ4v) is 1.47.